The Bertz CT molecular complexity index is 334. The lowest BCUT2D eigenvalue weighted by Gasteiger charge is -2.15. The van der Waals surface area contributed by atoms with E-state index >= 15 is 0 Å². The molecule has 2 nitrogen and oxygen atoms in total. The van der Waals surface area contributed by atoms with E-state index in [0.29, 0.717) is 11.7 Å². The van der Waals surface area contributed by atoms with Crippen LogP contribution in [0.5, 0.6) is 11.5 Å². The van der Waals surface area contributed by atoms with Gasteiger partial charge in [0.1, 0.15) is 11.5 Å². The van der Waals surface area contributed by atoms with E-state index in [1.165, 1.54) is 19.3 Å². The molecule has 0 saturated carbocycles. The minimum Gasteiger partial charge on any atom is -0.508 e. The van der Waals surface area contributed by atoms with Gasteiger partial charge in [0.15, 0.2) is 0 Å². The number of hydrogen-bond donors (Lipinski definition) is 1. The van der Waals surface area contributed by atoms with Crippen LogP contribution in [0, 0.1) is 5.92 Å². The van der Waals surface area contributed by atoms with Crippen molar-refractivity contribution in [2.75, 3.05) is 7.11 Å². The molecule has 0 radical (unpaired) electrons. The van der Waals surface area contributed by atoms with E-state index in [1.807, 2.05) is 6.07 Å². The maximum absolute atomic E-state index is 9.84. The van der Waals surface area contributed by atoms with Crippen LogP contribution in [0.2, 0.25) is 0 Å². The van der Waals surface area contributed by atoms with Gasteiger partial charge >= 0.3 is 0 Å². The van der Waals surface area contributed by atoms with Crippen molar-refractivity contribution in [2.45, 2.75) is 46.0 Å². The number of rotatable bonds is 7. The van der Waals surface area contributed by atoms with Crippen molar-refractivity contribution >= 4 is 0 Å². The van der Waals surface area contributed by atoms with Crippen molar-refractivity contribution in [3.8, 4) is 11.5 Å². The maximum atomic E-state index is 9.84. The Morgan fingerprint density at radius 2 is 2.06 bits per heavy atom. The summed E-state index contributed by atoms with van der Waals surface area (Å²) in [4.78, 5) is 0. The Kier molecular flexibility index (Phi) is 5.88. The summed E-state index contributed by atoms with van der Waals surface area (Å²) < 4.78 is 5.20. The van der Waals surface area contributed by atoms with Gasteiger partial charge in [-0.2, -0.15) is 0 Å². The minimum atomic E-state index is 0.390. The smallest absolute Gasteiger partial charge is 0.119 e. The molecular weight excluding hydrogens is 212 g/mol. The van der Waals surface area contributed by atoms with Crippen molar-refractivity contribution in [3.05, 3.63) is 23.8 Å². The molecule has 2 heteroatoms. The lowest BCUT2D eigenvalue weighted by Crippen LogP contribution is -2.04. The summed E-state index contributed by atoms with van der Waals surface area (Å²) in [5.74, 6) is 1.87. The second-order valence-electron chi connectivity index (χ2n) is 4.62. The fraction of sp³-hybridized carbons (Fsp3) is 0.600. The Morgan fingerprint density at radius 1 is 1.29 bits per heavy atom. The van der Waals surface area contributed by atoms with Crippen molar-refractivity contribution in [2.24, 2.45) is 5.92 Å². The molecule has 0 aliphatic carbocycles. The minimum absolute atomic E-state index is 0.390. The number of ether oxygens (including phenoxy) is 1. The van der Waals surface area contributed by atoms with Gasteiger partial charge in [0.2, 0.25) is 0 Å². The molecule has 0 aromatic heterocycles. The van der Waals surface area contributed by atoms with Gasteiger partial charge in [0.05, 0.1) is 7.11 Å². The van der Waals surface area contributed by atoms with E-state index in [9.17, 15) is 5.11 Å². The van der Waals surface area contributed by atoms with E-state index in [-0.39, 0.29) is 0 Å². The Hall–Kier alpha value is -1.18. The first kappa shape index (κ1) is 13.9. The number of hydrogen-bond acceptors (Lipinski definition) is 2. The van der Waals surface area contributed by atoms with Crippen molar-refractivity contribution in [1.29, 1.82) is 0 Å². The quantitative estimate of drug-likeness (QED) is 0.770. The molecule has 17 heavy (non-hydrogen) atoms. The summed E-state index contributed by atoms with van der Waals surface area (Å²) in [6.45, 7) is 4.44. The van der Waals surface area contributed by atoms with Crippen LogP contribution in [0.4, 0.5) is 0 Å². The maximum Gasteiger partial charge on any atom is 0.119 e. The lowest BCUT2D eigenvalue weighted by atomic mass is 9.91. The molecule has 1 rings (SSSR count). The molecule has 0 spiro atoms. The second-order valence-corrected chi connectivity index (χ2v) is 4.62. The molecular formula is C15H24O2. The van der Waals surface area contributed by atoms with Crippen LogP contribution in [-0.2, 0) is 6.42 Å². The van der Waals surface area contributed by atoms with Crippen molar-refractivity contribution in [1.82, 2.24) is 0 Å². The predicted molar refractivity (Wildman–Crippen MR) is 71.7 cm³/mol. The number of phenols is 1. The molecule has 0 amide bonds. The van der Waals surface area contributed by atoms with Crippen LogP contribution in [0.15, 0.2) is 18.2 Å². The molecule has 1 atom stereocenters. The van der Waals surface area contributed by atoms with Crippen LogP contribution in [0.1, 0.15) is 45.1 Å². The monoisotopic (exact) mass is 236 g/mol. The van der Waals surface area contributed by atoms with Crippen molar-refractivity contribution < 1.29 is 9.84 Å². The summed E-state index contributed by atoms with van der Waals surface area (Å²) in [6.07, 6.45) is 5.85. The Morgan fingerprint density at radius 3 is 2.65 bits per heavy atom. The van der Waals surface area contributed by atoms with E-state index < -0.39 is 0 Å². The molecule has 1 N–H and O–H groups in total. The topological polar surface area (TPSA) is 29.5 Å². The van der Waals surface area contributed by atoms with Crippen LogP contribution < -0.4 is 4.74 Å². The Labute approximate surface area is 105 Å². The largest absolute Gasteiger partial charge is 0.508 e. The highest BCUT2D eigenvalue weighted by atomic mass is 16.5. The van der Waals surface area contributed by atoms with Gasteiger partial charge < -0.3 is 9.84 Å². The molecule has 0 fully saturated rings. The van der Waals surface area contributed by atoms with Crippen LogP contribution >= 0.6 is 0 Å². The van der Waals surface area contributed by atoms with Gasteiger partial charge in [-0.1, -0.05) is 39.5 Å². The standard InChI is InChI=1S/C15H24O2/c1-4-6-7-12(5-2)10-13-11-14(17-3)8-9-15(13)16/h8-9,11-12,16H,4-7,10H2,1-3H3. The molecule has 0 aliphatic rings. The van der Waals surface area contributed by atoms with E-state index in [4.69, 9.17) is 4.74 Å². The normalized spacial score (nSPS) is 12.4. The van der Waals surface area contributed by atoms with Gasteiger partial charge in [-0.15, -0.1) is 0 Å². The first-order valence-corrected chi connectivity index (χ1v) is 6.57. The third-order valence-electron chi connectivity index (χ3n) is 3.34. The summed E-state index contributed by atoms with van der Waals surface area (Å²) in [5, 5.41) is 9.84. The van der Waals surface area contributed by atoms with E-state index in [0.717, 1.165) is 24.2 Å². The highest BCUT2D eigenvalue weighted by Gasteiger charge is 2.11. The molecule has 0 aliphatic heterocycles. The zero-order chi connectivity index (χ0) is 12.7. The van der Waals surface area contributed by atoms with Crippen LogP contribution in [0.25, 0.3) is 0 Å². The molecule has 1 aromatic carbocycles. The predicted octanol–water partition coefficient (Wildman–Crippen LogP) is 4.16. The molecule has 0 heterocycles. The third kappa shape index (κ3) is 4.29. The van der Waals surface area contributed by atoms with E-state index in [1.54, 1.807) is 19.2 Å². The fourth-order valence-corrected chi connectivity index (χ4v) is 2.11. The number of benzene rings is 1. The van der Waals surface area contributed by atoms with Crippen LogP contribution in [-0.4, -0.2) is 12.2 Å². The average molecular weight is 236 g/mol. The van der Waals surface area contributed by atoms with Crippen LogP contribution in [0.3, 0.4) is 0 Å². The van der Waals surface area contributed by atoms with Gasteiger partial charge in [-0.3, -0.25) is 0 Å². The molecule has 96 valence electrons. The first-order chi connectivity index (χ1) is 8.21. The summed E-state index contributed by atoms with van der Waals surface area (Å²) in [5.41, 5.74) is 1.01. The van der Waals surface area contributed by atoms with Gasteiger partial charge in [-0.05, 0) is 36.1 Å². The highest BCUT2D eigenvalue weighted by Crippen LogP contribution is 2.27. The summed E-state index contributed by atoms with van der Waals surface area (Å²) in [6, 6.07) is 5.47. The second kappa shape index (κ2) is 7.21. The number of aromatic hydroxyl groups is 1. The third-order valence-corrected chi connectivity index (χ3v) is 3.34. The molecule has 1 aromatic rings. The molecule has 0 bridgehead atoms. The van der Waals surface area contributed by atoms with E-state index in [2.05, 4.69) is 13.8 Å². The first-order valence-electron chi connectivity index (χ1n) is 6.57. The summed E-state index contributed by atoms with van der Waals surface area (Å²) in [7, 11) is 1.66. The number of unbranched alkanes of at least 4 members (excludes halogenated alkanes) is 1. The lowest BCUT2D eigenvalue weighted by molar-refractivity contribution is 0.404. The molecule has 0 saturated heterocycles. The zero-order valence-corrected chi connectivity index (χ0v) is 11.2. The zero-order valence-electron chi connectivity index (χ0n) is 11.2. The fourth-order valence-electron chi connectivity index (χ4n) is 2.11. The highest BCUT2D eigenvalue weighted by molar-refractivity contribution is 5.39. The van der Waals surface area contributed by atoms with Gasteiger partial charge in [0.25, 0.3) is 0 Å². The number of methoxy groups -OCH3 is 1. The SMILES string of the molecule is CCCCC(CC)Cc1cc(OC)ccc1O. The molecule has 1 unspecified atom stereocenters. The van der Waals surface area contributed by atoms with Gasteiger partial charge in [-0.25, -0.2) is 0 Å². The van der Waals surface area contributed by atoms with Crippen molar-refractivity contribution in [3.63, 3.8) is 0 Å². The number of phenolic OH excluding ortho intramolecular Hbond substituents is 1. The summed E-state index contributed by atoms with van der Waals surface area (Å²) >= 11 is 0. The van der Waals surface area contributed by atoms with Gasteiger partial charge in [0, 0.05) is 0 Å². The average Bonchev–Trinajstić information content (AvgIpc) is 2.36. The Balaban J connectivity index is 2.70.